The Hall–Kier alpha value is -1.89. The Bertz CT molecular complexity index is 457. The Kier molecular flexibility index (Phi) is 6.72. The molecule has 0 saturated carbocycles. The van der Waals surface area contributed by atoms with Crippen LogP contribution in [0.4, 0.5) is 0 Å². The van der Waals surface area contributed by atoms with Gasteiger partial charge in [-0.2, -0.15) is 0 Å². The lowest BCUT2D eigenvalue weighted by molar-refractivity contribution is -0.147. The second-order valence-corrected chi connectivity index (χ2v) is 5.45. The summed E-state index contributed by atoms with van der Waals surface area (Å²) in [7, 11) is 0. The van der Waals surface area contributed by atoms with E-state index in [4.69, 9.17) is 4.74 Å². The highest BCUT2D eigenvalue weighted by Crippen LogP contribution is 2.09. The Morgan fingerprint density at radius 2 is 2.05 bits per heavy atom. The van der Waals surface area contributed by atoms with E-state index in [1.165, 1.54) is 11.3 Å². The fraction of sp³-hybridized carbons (Fsp3) is 0.462. The zero-order chi connectivity index (χ0) is 15.0. The van der Waals surface area contributed by atoms with Gasteiger partial charge in [0.25, 0.3) is 5.91 Å². The molecule has 2 N–H and O–H groups in total. The molecule has 0 aliphatic carbocycles. The van der Waals surface area contributed by atoms with Crippen molar-refractivity contribution < 1.29 is 19.1 Å². The van der Waals surface area contributed by atoms with Crippen LogP contribution in [0.15, 0.2) is 17.5 Å². The highest BCUT2D eigenvalue weighted by Gasteiger charge is 2.10. The second kappa shape index (κ2) is 8.31. The summed E-state index contributed by atoms with van der Waals surface area (Å²) in [5.74, 6) is -1.24. The van der Waals surface area contributed by atoms with Gasteiger partial charge in [0.2, 0.25) is 5.91 Å². The van der Waals surface area contributed by atoms with Crippen molar-refractivity contribution in [2.45, 2.75) is 26.3 Å². The van der Waals surface area contributed by atoms with E-state index >= 15 is 0 Å². The van der Waals surface area contributed by atoms with Crippen LogP contribution in [0.2, 0.25) is 0 Å². The van der Waals surface area contributed by atoms with Gasteiger partial charge >= 0.3 is 5.97 Å². The van der Waals surface area contributed by atoms with E-state index in [1.807, 2.05) is 31.4 Å². The molecule has 0 aliphatic rings. The molecule has 0 saturated heterocycles. The van der Waals surface area contributed by atoms with Crippen molar-refractivity contribution in [3.63, 3.8) is 0 Å². The number of carbonyl (C=O) groups excluding carboxylic acids is 3. The fourth-order valence-electron chi connectivity index (χ4n) is 1.36. The summed E-state index contributed by atoms with van der Waals surface area (Å²) < 4.78 is 4.81. The van der Waals surface area contributed by atoms with Crippen LogP contribution in [-0.2, 0) is 25.5 Å². The van der Waals surface area contributed by atoms with E-state index in [2.05, 4.69) is 10.6 Å². The predicted octanol–water partition coefficient (Wildman–Crippen LogP) is 0.475. The fourth-order valence-corrected chi connectivity index (χ4v) is 2.05. The highest BCUT2D eigenvalue weighted by atomic mass is 32.1. The predicted molar refractivity (Wildman–Crippen MR) is 75.3 cm³/mol. The summed E-state index contributed by atoms with van der Waals surface area (Å²) >= 11 is 1.45. The minimum Gasteiger partial charge on any atom is -0.455 e. The maximum atomic E-state index is 11.4. The number of ether oxygens (including phenoxy) is 1. The SMILES string of the molecule is CC(C)NC(=O)CNC(=O)COC(=O)Cc1cccs1. The third-order valence-electron chi connectivity index (χ3n) is 2.16. The number of hydrogen-bond acceptors (Lipinski definition) is 5. The average Bonchev–Trinajstić information content (AvgIpc) is 2.86. The molecule has 7 heteroatoms. The van der Waals surface area contributed by atoms with Crippen LogP contribution in [0.25, 0.3) is 0 Å². The molecule has 0 fully saturated rings. The number of rotatable bonds is 7. The largest absolute Gasteiger partial charge is 0.455 e. The minimum absolute atomic E-state index is 0.0167. The number of esters is 1. The van der Waals surface area contributed by atoms with Gasteiger partial charge in [0, 0.05) is 10.9 Å². The first-order valence-electron chi connectivity index (χ1n) is 6.21. The first-order chi connectivity index (χ1) is 9.47. The third-order valence-corrected chi connectivity index (χ3v) is 3.04. The summed E-state index contributed by atoms with van der Waals surface area (Å²) in [5, 5.41) is 6.87. The normalized spacial score (nSPS) is 10.2. The first-order valence-corrected chi connectivity index (χ1v) is 7.09. The van der Waals surface area contributed by atoms with Gasteiger partial charge in [-0.05, 0) is 25.3 Å². The number of hydrogen-bond donors (Lipinski definition) is 2. The van der Waals surface area contributed by atoms with Crippen molar-refractivity contribution in [3.8, 4) is 0 Å². The maximum absolute atomic E-state index is 11.4. The molecular formula is C13H18N2O4S. The lowest BCUT2D eigenvalue weighted by Gasteiger charge is -2.09. The lowest BCUT2D eigenvalue weighted by Crippen LogP contribution is -2.41. The summed E-state index contributed by atoms with van der Waals surface area (Å²) in [6.45, 7) is 3.15. The van der Waals surface area contributed by atoms with E-state index in [0.717, 1.165) is 4.88 Å². The van der Waals surface area contributed by atoms with E-state index in [0.29, 0.717) is 0 Å². The summed E-state index contributed by atoms with van der Waals surface area (Å²) in [6.07, 6.45) is 0.152. The number of amides is 2. The molecule has 6 nitrogen and oxygen atoms in total. The summed E-state index contributed by atoms with van der Waals surface area (Å²) in [4.78, 5) is 35.0. The average molecular weight is 298 g/mol. The molecule has 1 aromatic heterocycles. The van der Waals surface area contributed by atoms with Crippen LogP contribution in [0.5, 0.6) is 0 Å². The zero-order valence-corrected chi connectivity index (χ0v) is 12.3. The molecule has 0 aromatic carbocycles. The Morgan fingerprint density at radius 1 is 1.30 bits per heavy atom. The van der Waals surface area contributed by atoms with Crippen LogP contribution >= 0.6 is 11.3 Å². The molecule has 0 atom stereocenters. The molecule has 20 heavy (non-hydrogen) atoms. The smallest absolute Gasteiger partial charge is 0.311 e. The monoisotopic (exact) mass is 298 g/mol. The van der Waals surface area contributed by atoms with Gasteiger partial charge < -0.3 is 15.4 Å². The quantitative estimate of drug-likeness (QED) is 0.717. The van der Waals surface area contributed by atoms with Crippen molar-refractivity contribution in [1.82, 2.24) is 10.6 Å². The topological polar surface area (TPSA) is 84.5 Å². The molecule has 0 unspecified atom stereocenters. The van der Waals surface area contributed by atoms with Crippen molar-refractivity contribution in [3.05, 3.63) is 22.4 Å². The van der Waals surface area contributed by atoms with Crippen molar-refractivity contribution >= 4 is 29.1 Å². The number of nitrogens with one attached hydrogen (secondary N) is 2. The van der Waals surface area contributed by atoms with Gasteiger partial charge in [-0.25, -0.2) is 0 Å². The lowest BCUT2D eigenvalue weighted by atomic mass is 10.3. The van der Waals surface area contributed by atoms with Crippen LogP contribution in [0, 0.1) is 0 Å². The van der Waals surface area contributed by atoms with Gasteiger partial charge in [0.1, 0.15) is 0 Å². The molecule has 0 aliphatic heterocycles. The zero-order valence-electron chi connectivity index (χ0n) is 11.5. The summed E-state index contributed by atoms with van der Waals surface area (Å²) in [5.41, 5.74) is 0. The number of carbonyl (C=O) groups is 3. The minimum atomic E-state index is -0.497. The molecule has 1 aromatic rings. The van der Waals surface area contributed by atoms with E-state index < -0.39 is 11.9 Å². The van der Waals surface area contributed by atoms with Crippen LogP contribution in [0.1, 0.15) is 18.7 Å². The molecule has 1 heterocycles. The Balaban J connectivity index is 2.16. The standard InChI is InChI=1S/C13H18N2O4S/c1-9(2)15-11(16)7-14-12(17)8-19-13(18)6-10-4-3-5-20-10/h3-5,9H,6-8H2,1-2H3,(H,14,17)(H,15,16). The van der Waals surface area contributed by atoms with Crippen LogP contribution < -0.4 is 10.6 Å². The number of thiophene rings is 1. The summed E-state index contributed by atoms with van der Waals surface area (Å²) in [6, 6.07) is 3.68. The molecule has 0 radical (unpaired) electrons. The van der Waals surface area contributed by atoms with Crippen molar-refractivity contribution in [1.29, 1.82) is 0 Å². The van der Waals surface area contributed by atoms with Crippen LogP contribution in [0.3, 0.4) is 0 Å². The van der Waals surface area contributed by atoms with E-state index in [-0.39, 0.29) is 31.5 Å². The maximum Gasteiger partial charge on any atom is 0.311 e. The second-order valence-electron chi connectivity index (χ2n) is 4.42. The van der Waals surface area contributed by atoms with Gasteiger partial charge in [-0.15, -0.1) is 11.3 Å². The van der Waals surface area contributed by atoms with Crippen molar-refractivity contribution in [2.75, 3.05) is 13.2 Å². The van der Waals surface area contributed by atoms with Crippen LogP contribution in [-0.4, -0.2) is 37.0 Å². The molecule has 1 rings (SSSR count). The highest BCUT2D eigenvalue weighted by molar-refractivity contribution is 7.10. The van der Waals surface area contributed by atoms with Gasteiger partial charge in [-0.1, -0.05) is 6.07 Å². The van der Waals surface area contributed by atoms with Crippen molar-refractivity contribution in [2.24, 2.45) is 0 Å². The molecular weight excluding hydrogens is 280 g/mol. The van der Waals surface area contributed by atoms with Gasteiger partial charge in [0.15, 0.2) is 6.61 Å². The molecule has 0 bridgehead atoms. The van der Waals surface area contributed by atoms with Gasteiger partial charge in [0.05, 0.1) is 13.0 Å². The molecule has 2 amide bonds. The Labute approximate surface area is 121 Å². The third kappa shape index (κ3) is 6.89. The van der Waals surface area contributed by atoms with E-state index in [1.54, 1.807) is 0 Å². The Morgan fingerprint density at radius 3 is 2.65 bits per heavy atom. The molecule has 0 spiro atoms. The van der Waals surface area contributed by atoms with E-state index in [9.17, 15) is 14.4 Å². The van der Waals surface area contributed by atoms with Gasteiger partial charge in [-0.3, -0.25) is 14.4 Å². The molecule has 110 valence electrons. The first kappa shape index (κ1) is 16.2.